The molecule has 5 heteroatoms. The van der Waals surface area contributed by atoms with Crippen molar-refractivity contribution in [2.24, 2.45) is 4.99 Å². The van der Waals surface area contributed by atoms with Gasteiger partial charge in [0.25, 0.3) is 0 Å². The molecule has 136 valence electrons. The number of aliphatic imine (C=N–C) groups is 1. The molecule has 2 aromatic rings. The normalized spacial score (nSPS) is 11.5. The molecule has 0 atom stereocenters. The minimum absolute atomic E-state index is 0.749. The van der Waals surface area contributed by atoms with Gasteiger partial charge in [-0.15, -0.1) is 0 Å². The summed E-state index contributed by atoms with van der Waals surface area (Å²) < 4.78 is 7.85. The van der Waals surface area contributed by atoms with Crippen molar-refractivity contribution in [2.45, 2.75) is 26.3 Å². The van der Waals surface area contributed by atoms with Crippen molar-refractivity contribution < 1.29 is 4.74 Å². The van der Waals surface area contributed by atoms with Gasteiger partial charge in [-0.2, -0.15) is 0 Å². The van der Waals surface area contributed by atoms with Crippen LogP contribution in [0.25, 0.3) is 0 Å². The molecule has 0 unspecified atom stereocenters. The van der Waals surface area contributed by atoms with E-state index in [2.05, 4.69) is 63.8 Å². The Bertz CT molecular complexity index is 581. The van der Waals surface area contributed by atoms with Crippen LogP contribution in [0.2, 0.25) is 0 Å². The molecule has 0 fully saturated rings. The molecular weight excluding hydrogens is 312 g/mol. The molecule has 0 aliphatic carbocycles. The van der Waals surface area contributed by atoms with Crippen molar-refractivity contribution in [2.75, 3.05) is 32.8 Å². The van der Waals surface area contributed by atoms with Crippen LogP contribution in [0.5, 0.6) is 0 Å². The van der Waals surface area contributed by atoms with E-state index in [-0.39, 0.29) is 0 Å². The maximum atomic E-state index is 5.70. The number of guanidine groups is 1. The van der Waals surface area contributed by atoms with E-state index in [1.54, 1.807) is 0 Å². The highest BCUT2D eigenvalue weighted by molar-refractivity contribution is 5.79. The van der Waals surface area contributed by atoms with E-state index in [0.29, 0.717) is 0 Å². The van der Waals surface area contributed by atoms with E-state index in [4.69, 9.17) is 4.74 Å². The summed E-state index contributed by atoms with van der Waals surface area (Å²) in [5, 5.41) is 6.63. The van der Waals surface area contributed by atoms with Gasteiger partial charge in [0.15, 0.2) is 5.96 Å². The molecule has 2 N–H and O–H groups in total. The zero-order valence-electron chi connectivity index (χ0n) is 15.2. The second kappa shape index (κ2) is 12.1. The lowest BCUT2D eigenvalue weighted by atomic mass is 10.2. The van der Waals surface area contributed by atoms with Crippen LogP contribution in [0, 0.1) is 0 Å². The fraction of sp³-hybridized carbons (Fsp3) is 0.450. The van der Waals surface area contributed by atoms with Crippen LogP contribution in [0.1, 0.15) is 18.9 Å². The van der Waals surface area contributed by atoms with Crippen molar-refractivity contribution in [3.63, 3.8) is 0 Å². The first-order valence-corrected chi connectivity index (χ1v) is 9.13. The summed E-state index contributed by atoms with van der Waals surface area (Å²) in [5.41, 5.74) is 1.32. The molecule has 2 rings (SSSR count). The Morgan fingerprint density at radius 3 is 2.60 bits per heavy atom. The summed E-state index contributed by atoms with van der Waals surface area (Å²) in [4.78, 5) is 4.59. The number of ether oxygens (including phenoxy) is 1. The number of nitrogens with zero attached hydrogens (tertiary/aromatic N) is 2. The van der Waals surface area contributed by atoms with Crippen molar-refractivity contribution in [1.29, 1.82) is 0 Å². The van der Waals surface area contributed by atoms with Gasteiger partial charge in [0.1, 0.15) is 0 Å². The molecule has 0 spiro atoms. The lowest BCUT2D eigenvalue weighted by molar-refractivity contribution is 0.136. The molecule has 0 radical (unpaired) electrons. The zero-order valence-corrected chi connectivity index (χ0v) is 15.2. The molecule has 5 nitrogen and oxygen atoms in total. The third-order valence-electron chi connectivity index (χ3n) is 3.77. The van der Waals surface area contributed by atoms with E-state index >= 15 is 0 Å². The van der Waals surface area contributed by atoms with Gasteiger partial charge in [0.05, 0.1) is 6.61 Å². The van der Waals surface area contributed by atoms with Crippen LogP contribution in [-0.4, -0.2) is 43.4 Å². The van der Waals surface area contributed by atoms with E-state index < -0.39 is 0 Å². The fourth-order valence-corrected chi connectivity index (χ4v) is 2.46. The smallest absolute Gasteiger partial charge is 0.191 e. The number of benzene rings is 1. The van der Waals surface area contributed by atoms with E-state index in [9.17, 15) is 0 Å². The monoisotopic (exact) mass is 342 g/mol. The Hall–Kier alpha value is -2.27. The van der Waals surface area contributed by atoms with E-state index in [1.807, 2.05) is 18.2 Å². The van der Waals surface area contributed by atoms with Crippen molar-refractivity contribution in [3.8, 4) is 0 Å². The Kier molecular flexibility index (Phi) is 9.26. The summed E-state index contributed by atoms with van der Waals surface area (Å²) in [7, 11) is 0. The van der Waals surface area contributed by atoms with Gasteiger partial charge in [-0.25, -0.2) is 0 Å². The molecule has 1 heterocycles. The summed E-state index contributed by atoms with van der Waals surface area (Å²) in [6.07, 6.45) is 6.04. The minimum Gasteiger partial charge on any atom is -0.381 e. The number of hydrogen-bond acceptors (Lipinski definition) is 2. The van der Waals surface area contributed by atoms with Crippen molar-refractivity contribution in [1.82, 2.24) is 15.2 Å². The second-order valence-corrected chi connectivity index (χ2v) is 5.81. The first-order chi connectivity index (χ1) is 12.4. The third kappa shape index (κ3) is 8.40. The molecule has 1 aromatic carbocycles. The average molecular weight is 342 g/mol. The molecular formula is C20H30N4O. The topological polar surface area (TPSA) is 50.6 Å². The van der Waals surface area contributed by atoms with Gasteiger partial charge in [-0.1, -0.05) is 30.3 Å². The molecule has 0 saturated heterocycles. The standard InChI is InChI=1S/C20H30N4O/c1-2-21-20(23-13-16-24-14-6-7-15-24)22-12-8-17-25-18-11-19-9-4-3-5-10-19/h3-7,9-10,14-15H,2,8,11-13,16-18H2,1H3,(H2,21,22,23). The molecule has 0 aliphatic heterocycles. The summed E-state index contributed by atoms with van der Waals surface area (Å²) in [6, 6.07) is 14.5. The molecule has 1 aromatic heterocycles. The average Bonchev–Trinajstić information content (AvgIpc) is 3.15. The Morgan fingerprint density at radius 1 is 1.04 bits per heavy atom. The van der Waals surface area contributed by atoms with Gasteiger partial charge in [0.2, 0.25) is 0 Å². The first-order valence-electron chi connectivity index (χ1n) is 9.13. The molecule has 0 aliphatic rings. The summed E-state index contributed by atoms with van der Waals surface area (Å²) >= 11 is 0. The van der Waals surface area contributed by atoms with Crippen LogP contribution >= 0.6 is 0 Å². The van der Waals surface area contributed by atoms with Gasteiger partial charge >= 0.3 is 0 Å². The minimum atomic E-state index is 0.749. The number of hydrogen-bond donors (Lipinski definition) is 2. The second-order valence-electron chi connectivity index (χ2n) is 5.81. The highest BCUT2D eigenvalue weighted by atomic mass is 16.5. The summed E-state index contributed by atoms with van der Waals surface area (Å²) in [5.74, 6) is 0.874. The Balaban J connectivity index is 1.55. The number of aromatic nitrogens is 1. The number of nitrogens with one attached hydrogen (secondary N) is 2. The summed E-state index contributed by atoms with van der Waals surface area (Å²) in [6.45, 7) is 7.01. The lowest BCUT2D eigenvalue weighted by Gasteiger charge is -2.11. The highest BCUT2D eigenvalue weighted by Gasteiger charge is 1.97. The van der Waals surface area contributed by atoms with Crippen molar-refractivity contribution in [3.05, 3.63) is 60.4 Å². The number of rotatable bonds is 11. The SMILES string of the molecule is CCNC(=NCCCOCCc1ccccc1)NCCn1cccc1. The first kappa shape index (κ1) is 19.1. The van der Waals surface area contributed by atoms with Crippen molar-refractivity contribution >= 4 is 5.96 Å². The fourth-order valence-electron chi connectivity index (χ4n) is 2.46. The van der Waals surface area contributed by atoms with Crippen LogP contribution < -0.4 is 10.6 Å². The highest BCUT2D eigenvalue weighted by Crippen LogP contribution is 1.99. The maximum Gasteiger partial charge on any atom is 0.191 e. The van der Waals surface area contributed by atoms with Crippen LogP contribution in [-0.2, 0) is 17.7 Å². The Labute approximate surface area is 151 Å². The van der Waals surface area contributed by atoms with Gasteiger partial charge < -0.3 is 19.9 Å². The predicted octanol–water partition coefficient (Wildman–Crippen LogP) is 2.69. The predicted molar refractivity (Wildman–Crippen MR) is 104 cm³/mol. The molecule has 0 amide bonds. The van der Waals surface area contributed by atoms with E-state index in [0.717, 1.165) is 58.2 Å². The van der Waals surface area contributed by atoms with Crippen LogP contribution in [0.3, 0.4) is 0 Å². The zero-order chi connectivity index (χ0) is 17.6. The quantitative estimate of drug-likeness (QED) is 0.375. The van der Waals surface area contributed by atoms with E-state index in [1.165, 1.54) is 5.56 Å². The van der Waals surface area contributed by atoms with Crippen LogP contribution in [0.15, 0.2) is 59.9 Å². The Morgan fingerprint density at radius 2 is 1.84 bits per heavy atom. The van der Waals surface area contributed by atoms with Gasteiger partial charge in [0, 0.05) is 45.2 Å². The largest absolute Gasteiger partial charge is 0.381 e. The maximum absolute atomic E-state index is 5.70. The molecule has 25 heavy (non-hydrogen) atoms. The van der Waals surface area contributed by atoms with Gasteiger partial charge in [-0.3, -0.25) is 4.99 Å². The molecule has 0 bridgehead atoms. The van der Waals surface area contributed by atoms with Crippen LogP contribution in [0.4, 0.5) is 0 Å². The molecule has 0 saturated carbocycles. The third-order valence-corrected chi connectivity index (χ3v) is 3.77. The lowest BCUT2D eigenvalue weighted by Crippen LogP contribution is -2.38. The van der Waals surface area contributed by atoms with Gasteiger partial charge in [-0.05, 0) is 37.5 Å².